The van der Waals surface area contributed by atoms with Crippen molar-refractivity contribution in [1.29, 1.82) is 0 Å². The molecule has 3 rings (SSSR count). The Morgan fingerprint density at radius 2 is 1.56 bits per heavy atom. The van der Waals surface area contributed by atoms with Gasteiger partial charge in [-0.05, 0) is 24.3 Å². The van der Waals surface area contributed by atoms with Gasteiger partial charge in [0.1, 0.15) is 0 Å². The normalized spacial score (nSPS) is 12.4. The molecular weight excluding hydrogens is 396 g/mol. The first-order chi connectivity index (χ1) is 12.5. The second-order valence-corrected chi connectivity index (χ2v) is 6.03. The Labute approximate surface area is 154 Å². The highest BCUT2D eigenvalue weighted by Crippen LogP contribution is 2.38. The number of aromatic nitrogens is 3. The molecule has 0 bridgehead atoms. The summed E-state index contributed by atoms with van der Waals surface area (Å²) in [7, 11) is 1.39. The van der Waals surface area contributed by atoms with Gasteiger partial charge < -0.3 is 0 Å². The minimum absolute atomic E-state index is 0.0796. The van der Waals surface area contributed by atoms with E-state index in [1.165, 1.54) is 25.2 Å². The van der Waals surface area contributed by atoms with Crippen molar-refractivity contribution in [2.45, 2.75) is 12.4 Å². The van der Waals surface area contributed by atoms with Crippen LogP contribution < -0.4 is 0 Å². The van der Waals surface area contributed by atoms with Gasteiger partial charge in [-0.2, -0.15) is 31.4 Å². The Morgan fingerprint density at radius 1 is 0.889 bits per heavy atom. The molecule has 1 aromatic heterocycles. The molecule has 0 fully saturated rings. The van der Waals surface area contributed by atoms with Crippen molar-refractivity contribution in [3.05, 3.63) is 58.6 Å². The minimum Gasteiger partial charge on any atom is -0.248 e. The molecule has 3 aromatic rings. The number of aryl methyl sites for hydroxylation is 1. The van der Waals surface area contributed by atoms with Crippen molar-refractivity contribution >= 4 is 11.6 Å². The maximum Gasteiger partial charge on any atom is 0.417 e. The molecule has 0 aliphatic heterocycles. The van der Waals surface area contributed by atoms with Crippen LogP contribution in [0.5, 0.6) is 0 Å². The summed E-state index contributed by atoms with van der Waals surface area (Å²) >= 11 is 5.91. The van der Waals surface area contributed by atoms with Gasteiger partial charge in [0.15, 0.2) is 11.6 Å². The Morgan fingerprint density at radius 3 is 2.15 bits per heavy atom. The van der Waals surface area contributed by atoms with Gasteiger partial charge in [-0.1, -0.05) is 29.8 Å². The fourth-order valence-electron chi connectivity index (χ4n) is 2.53. The third-order valence-electron chi connectivity index (χ3n) is 3.77. The molecule has 1 heterocycles. The third-order valence-corrected chi connectivity index (χ3v) is 4.09. The average Bonchev–Trinajstić information content (AvgIpc) is 2.94. The molecule has 0 atom stereocenters. The van der Waals surface area contributed by atoms with Crippen molar-refractivity contribution in [2.24, 2.45) is 7.05 Å². The van der Waals surface area contributed by atoms with Gasteiger partial charge in [0.05, 0.1) is 16.1 Å². The molecule has 0 N–H and O–H groups in total. The van der Waals surface area contributed by atoms with Gasteiger partial charge in [-0.25, -0.2) is 9.67 Å². The van der Waals surface area contributed by atoms with Crippen molar-refractivity contribution in [2.75, 3.05) is 0 Å². The topological polar surface area (TPSA) is 30.7 Å². The second kappa shape index (κ2) is 6.56. The standard InChI is InChI=1S/C17H10ClF6N3/c1-27-15(10-4-2-3-5-12(10)17(22,23)24)25-14(26-27)11-7-6-9(8-13(11)18)16(19,20)21/h2-8H,1H3. The van der Waals surface area contributed by atoms with E-state index in [0.29, 0.717) is 0 Å². The molecule has 142 valence electrons. The van der Waals surface area contributed by atoms with Gasteiger partial charge in [-0.3, -0.25) is 0 Å². The van der Waals surface area contributed by atoms with Crippen LogP contribution in [0.2, 0.25) is 5.02 Å². The first-order valence-electron chi connectivity index (χ1n) is 7.43. The Kier molecular flexibility index (Phi) is 4.67. The molecule has 3 nitrogen and oxygen atoms in total. The summed E-state index contributed by atoms with van der Waals surface area (Å²) in [5.41, 5.74) is -1.97. The lowest BCUT2D eigenvalue weighted by Gasteiger charge is -2.11. The molecule has 0 spiro atoms. The third kappa shape index (κ3) is 3.78. The van der Waals surface area contributed by atoms with E-state index in [1.54, 1.807) is 0 Å². The summed E-state index contributed by atoms with van der Waals surface area (Å²) < 4.78 is 79.1. The number of hydrogen-bond acceptors (Lipinski definition) is 2. The molecule has 2 aromatic carbocycles. The molecular formula is C17H10ClF6N3. The largest absolute Gasteiger partial charge is 0.417 e. The van der Waals surface area contributed by atoms with Crippen LogP contribution in [-0.4, -0.2) is 14.8 Å². The number of hydrogen-bond donors (Lipinski definition) is 0. The van der Waals surface area contributed by atoms with Crippen LogP contribution in [0.25, 0.3) is 22.8 Å². The zero-order valence-corrected chi connectivity index (χ0v) is 14.3. The number of nitrogens with zero attached hydrogens (tertiary/aromatic N) is 3. The molecule has 0 saturated heterocycles. The maximum atomic E-state index is 13.2. The summed E-state index contributed by atoms with van der Waals surface area (Å²) in [4.78, 5) is 4.06. The smallest absolute Gasteiger partial charge is 0.248 e. The molecule has 0 radical (unpaired) electrons. The summed E-state index contributed by atoms with van der Waals surface area (Å²) in [6.07, 6.45) is -9.18. The molecule has 10 heteroatoms. The van der Waals surface area contributed by atoms with Gasteiger partial charge in [-0.15, -0.1) is 0 Å². The van der Waals surface area contributed by atoms with Crippen molar-refractivity contribution in [1.82, 2.24) is 14.8 Å². The summed E-state index contributed by atoms with van der Waals surface area (Å²) in [5, 5.41) is 3.75. The van der Waals surface area contributed by atoms with Crippen LogP contribution >= 0.6 is 11.6 Å². The van der Waals surface area contributed by atoms with Gasteiger partial charge in [0.25, 0.3) is 0 Å². The Balaban J connectivity index is 2.10. The fourth-order valence-corrected chi connectivity index (χ4v) is 2.80. The fraction of sp³-hybridized carbons (Fsp3) is 0.176. The number of alkyl halides is 6. The quantitative estimate of drug-likeness (QED) is 0.501. The summed E-state index contributed by atoms with van der Waals surface area (Å²) in [5.74, 6) is -0.169. The van der Waals surface area contributed by atoms with Crippen LogP contribution in [0.3, 0.4) is 0 Å². The lowest BCUT2D eigenvalue weighted by molar-refractivity contribution is -0.138. The van der Waals surface area contributed by atoms with Crippen LogP contribution in [0.4, 0.5) is 26.3 Å². The van der Waals surface area contributed by atoms with Crippen molar-refractivity contribution < 1.29 is 26.3 Å². The molecule has 27 heavy (non-hydrogen) atoms. The highest BCUT2D eigenvalue weighted by Gasteiger charge is 2.35. The number of rotatable bonds is 2. The molecule has 0 saturated carbocycles. The first-order valence-corrected chi connectivity index (χ1v) is 7.81. The van der Waals surface area contributed by atoms with E-state index in [1.807, 2.05) is 0 Å². The van der Waals surface area contributed by atoms with E-state index in [4.69, 9.17) is 11.6 Å². The highest BCUT2D eigenvalue weighted by molar-refractivity contribution is 6.33. The predicted octanol–water partition coefficient (Wildman–Crippen LogP) is 5.84. The average molecular weight is 406 g/mol. The van der Waals surface area contributed by atoms with Crippen LogP contribution in [-0.2, 0) is 19.4 Å². The van der Waals surface area contributed by atoms with Crippen LogP contribution in [0.1, 0.15) is 11.1 Å². The van der Waals surface area contributed by atoms with Crippen molar-refractivity contribution in [3.8, 4) is 22.8 Å². The molecule has 0 amide bonds. The van der Waals surface area contributed by atoms with E-state index in [-0.39, 0.29) is 27.8 Å². The van der Waals surface area contributed by atoms with E-state index in [2.05, 4.69) is 10.1 Å². The van der Waals surface area contributed by atoms with E-state index in [9.17, 15) is 26.3 Å². The zero-order valence-electron chi connectivity index (χ0n) is 13.5. The molecule has 0 unspecified atom stereocenters. The zero-order chi connectivity index (χ0) is 20.0. The second-order valence-electron chi connectivity index (χ2n) is 5.62. The monoisotopic (exact) mass is 405 g/mol. The van der Waals surface area contributed by atoms with Crippen LogP contribution in [0, 0.1) is 0 Å². The summed E-state index contributed by atoms with van der Waals surface area (Å²) in [6.45, 7) is 0. The molecule has 0 aliphatic carbocycles. The number of benzene rings is 2. The van der Waals surface area contributed by atoms with Gasteiger partial charge >= 0.3 is 12.4 Å². The van der Waals surface area contributed by atoms with E-state index in [0.717, 1.165) is 28.9 Å². The Hall–Kier alpha value is -2.55. The van der Waals surface area contributed by atoms with Gasteiger partial charge in [0.2, 0.25) is 0 Å². The summed E-state index contributed by atoms with van der Waals surface area (Å²) in [6, 6.07) is 7.43. The Bertz CT molecular complexity index is 991. The maximum absolute atomic E-state index is 13.2. The van der Waals surface area contributed by atoms with E-state index < -0.39 is 23.5 Å². The SMILES string of the molecule is Cn1nc(-c2ccc(C(F)(F)F)cc2Cl)nc1-c1ccccc1C(F)(F)F. The van der Waals surface area contributed by atoms with Crippen molar-refractivity contribution in [3.63, 3.8) is 0 Å². The number of halogens is 7. The van der Waals surface area contributed by atoms with Crippen LogP contribution in [0.15, 0.2) is 42.5 Å². The lowest BCUT2D eigenvalue weighted by atomic mass is 10.1. The first kappa shape index (κ1) is 19.2. The molecule has 0 aliphatic rings. The lowest BCUT2D eigenvalue weighted by Crippen LogP contribution is -2.08. The predicted molar refractivity (Wildman–Crippen MR) is 86.9 cm³/mol. The van der Waals surface area contributed by atoms with Gasteiger partial charge in [0, 0.05) is 18.2 Å². The minimum atomic E-state index is -4.60. The van der Waals surface area contributed by atoms with E-state index >= 15 is 0 Å². The highest BCUT2D eigenvalue weighted by atomic mass is 35.5.